The molecule has 0 radical (unpaired) electrons. The third-order valence-electron chi connectivity index (χ3n) is 8.49. The van der Waals surface area contributed by atoms with Crippen LogP contribution in [0.5, 0.6) is 11.5 Å². The molecule has 2 heteroatoms. The molecular formula is C38H27NO. The predicted octanol–water partition coefficient (Wildman–Crippen LogP) is 9.38. The minimum Gasteiger partial charge on any atom is -0.457 e. The highest BCUT2D eigenvalue weighted by Crippen LogP contribution is 2.54. The summed E-state index contributed by atoms with van der Waals surface area (Å²) in [6, 6.07) is 49.1. The average Bonchev–Trinajstić information content (AvgIpc) is 3.52. The van der Waals surface area contributed by atoms with Gasteiger partial charge in [0.25, 0.3) is 0 Å². The van der Waals surface area contributed by atoms with Crippen molar-refractivity contribution in [2.24, 2.45) is 0 Å². The third-order valence-corrected chi connectivity index (χ3v) is 8.49. The van der Waals surface area contributed by atoms with Crippen molar-refractivity contribution < 1.29 is 4.74 Å². The number of nitrogen functional groups attached to an aromatic ring is 1. The fraction of sp³-hybridized carbons (Fsp3) is 0.0526. The van der Waals surface area contributed by atoms with Crippen LogP contribution in [0.25, 0.3) is 22.3 Å². The number of fused-ring (bicyclic) bond motifs is 6. The molecule has 0 fully saturated rings. The number of rotatable bonds is 4. The molecule has 0 amide bonds. The smallest absolute Gasteiger partial charge is 0.128 e. The first-order valence-corrected chi connectivity index (χ1v) is 13.8. The maximum Gasteiger partial charge on any atom is 0.128 e. The normalized spacial score (nSPS) is 13.4. The van der Waals surface area contributed by atoms with E-state index in [1.807, 2.05) is 30.3 Å². The van der Waals surface area contributed by atoms with E-state index < -0.39 is 0 Å². The maximum atomic E-state index is 7.28. The van der Waals surface area contributed by atoms with E-state index in [1.54, 1.807) is 0 Å². The van der Waals surface area contributed by atoms with Crippen LogP contribution in [0.3, 0.4) is 0 Å². The van der Waals surface area contributed by atoms with Crippen molar-refractivity contribution in [2.45, 2.75) is 11.8 Å². The van der Waals surface area contributed by atoms with Gasteiger partial charge in [-0.25, -0.2) is 0 Å². The number of hydrogen-bond acceptors (Lipinski definition) is 2. The molecule has 0 atom stereocenters. The molecule has 0 spiro atoms. The van der Waals surface area contributed by atoms with Gasteiger partial charge in [-0.05, 0) is 79.9 Å². The molecule has 2 aliphatic carbocycles. The minimum absolute atomic E-state index is 0.0253. The van der Waals surface area contributed by atoms with E-state index in [2.05, 4.69) is 109 Å². The first-order chi connectivity index (χ1) is 19.8. The van der Waals surface area contributed by atoms with Crippen LogP contribution in [0.1, 0.15) is 45.2 Å². The van der Waals surface area contributed by atoms with Crippen LogP contribution >= 0.6 is 0 Å². The van der Waals surface area contributed by atoms with Gasteiger partial charge in [-0.15, -0.1) is 0 Å². The monoisotopic (exact) mass is 513 g/mol. The van der Waals surface area contributed by atoms with Crippen LogP contribution in [-0.2, 0) is 0 Å². The van der Waals surface area contributed by atoms with E-state index in [0.717, 1.165) is 28.3 Å². The molecule has 8 rings (SSSR count). The van der Waals surface area contributed by atoms with E-state index in [-0.39, 0.29) is 11.8 Å². The van der Waals surface area contributed by atoms with Gasteiger partial charge >= 0.3 is 0 Å². The molecule has 0 bridgehead atoms. The van der Waals surface area contributed by atoms with Gasteiger partial charge < -0.3 is 10.5 Å². The lowest BCUT2D eigenvalue weighted by Crippen LogP contribution is -2.10. The highest BCUT2D eigenvalue weighted by molar-refractivity contribution is 5.85. The minimum atomic E-state index is 0.0253. The number of hydrogen-bond donors (Lipinski definition) is 1. The Labute approximate surface area is 234 Å². The second-order valence-corrected chi connectivity index (χ2v) is 10.6. The Kier molecular flexibility index (Phi) is 5.14. The van der Waals surface area contributed by atoms with E-state index >= 15 is 0 Å². The fourth-order valence-corrected chi connectivity index (χ4v) is 6.81. The van der Waals surface area contributed by atoms with Crippen molar-refractivity contribution in [3.63, 3.8) is 0 Å². The molecule has 40 heavy (non-hydrogen) atoms. The summed E-state index contributed by atoms with van der Waals surface area (Å²) in [5.41, 5.74) is 20.5. The largest absolute Gasteiger partial charge is 0.457 e. The highest BCUT2D eigenvalue weighted by atomic mass is 16.5. The summed E-state index contributed by atoms with van der Waals surface area (Å²) in [7, 11) is 0. The lowest BCUT2D eigenvalue weighted by atomic mass is 9.82. The Morgan fingerprint density at radius 1 is 0.375 bits per heavy atom. The zero-order valence-corrected chi connectivity index (χ0v) is 21.9. The Bertz CT molecular complexity index is 1700. The Morgan fingerprint density at radius 2 is 0.725 bits per heavy atom. The summed E-state index contributed by atoms with van der Waals surface area (Å²) in [6.45, 7) is 0. The van der Waals surface area contributed by atoms with Gasteiger partial charge in [-0.3, -0.25) is 0 Å². The molecule has 2 aliphatic rings. The van der Waals surface area contributed by atoms with Crippen LogP contribution in [-0.4, -0.2) is 0 Å². The van der Waals surface area contributed by atoms with Crippen LogP contribution in [0.2, 0.25) is 0 Å². The van der Waals surface area contributed by atoms with Crippen molar-refractivity contribution in [1.29, 1.82) is 0 Å². The molecule has 0 aromatic heterocycles. The van der Waals surface area contributed by atoms with E-state index in [0.29, 0.717) is 0 Å². The first-order valence-electron chi connectivity index (χ1n) is 13.8. The Balaban J connectivity index is 1.39. The summed E-state index contributed by atoms with van der Waals surface area (Å²) < 4.78 is 6.53. The van der Waals surface area contributed by atoms with Crippen LogP contribution in [0.15, 0.2) is 140 Å². The Hall–Kier alpha value is -5.08. The lowest BCUT2D eigenvalue weighted by Gasteiger charge is -2.24. The average molecular weight is 514 g/mol. The van der Waals surface area contributed by atoms with Crippen LogP contribution < -0.4 is 10.5 Å². The molecule has 190 valence electrons. The molecule has 0 heterocycles. The molecular weight excluding hydrogens is 486 g/mol. The number of para-hydroxylation sites is 1. The lowest BCUT2D eigenvalue weighted by molar-refractivity contribution is 0.481. The van der Waals surface area contributed by atoms with Gasteiger partial charge in [0.2, 0.25) is 0 Å². The highest BCUT2D eigenvalue weighted by Gasteiger charge is 2.35. The molecule has 0 saturated carbocycles. The molecule has 0 unspecified atom stereocenters. The molecule has 2 nitrogen and oxygen atoms in total. The number of ether oxygens (including phenoxy) is 1. The van der Waals surface area contributed by atoms with E-state index in [9.17, 15) is 0 Å². The maximum absolute atomic E-state index is 7.28. The zero-order chi connectivity index (χ0) is 26.6. The molecule has 6 aromatic carbocycles. The van der Waals surface area contributed by atoms with Gasteiger partial charge in [0.1, 0.15) is 11.5 Å². The van der Waals surface area contributed by atoms with Crippen molar-refractivity contribution in [2.75, 3.05) is 5.73 Å². The van der Waals surface area contributed by atoms with Gasteiger partial charge in [-0.1, -0.05) is 115 Å². The zero-order valence-electron chi connectivity index (χ0n) is 21.9. The predicted molar refractivity (Wildman–Crippen MR) is 163 cm³/mol. The van der Waals surface area contributed by atoms with Crippen molar-refractivity contribution in [3.05, 3.63) is 173 Å². The molecule has 2 N–H and O–H groups in total. The summed E-state index contributed by atoms with van der Waals surface area (Å²) in [4.78, 5) is 0. The molecule has 6 aromatic rings. The van der Waals surface area contributed by atoms with Crippen molar-refractivity contribution in [1.82, 2.24) is 0 Å². The Morgan fingerprint density at radius 3 is 1.12 bits per heavy atom. The number of anilines is 1. The first kappa shape index (κ1) is 22.9. The molecule has 0 aliphatic heterocycles. The second-order valence-electron chi connectivity index (χ2n) is 10.6. The summed E-state index contributed by atoms with van der Waals surface area (Å²) in [6.07, 6.45) is 0. The fourth-order valence-electron chi connectivity index (χ4n) is 6.81. The summed E-state index contributed by atoms with van der Waals surface area (Å²) in [5, 5.41) is 0. The van der Waals surface area contributed by atoms with Crippen LogP contribution in [0, 0.1) is 0 Å². The summed E-state index contributed by atoms with van der Waals surface area (Å²) >= 11 is 0. The van der Waals surface area contributed by atoms with Crippen molar-refractivity contribution in [3.8, 4) is 33.8 Å². The SMILES string of the molecule is Nc1c(C2c3ccccc3-c3ccccc32)cc(Oc2ccccc2)cc1C1c2ccccc2-c2ccccc21. The van der Waals surface area contributed by atoms with Gasteiger partial charge in [-0.2, -0.15) is 0 Å². The standard InChI is InChI=1S/C38H27NO/c39-38-34(36-30-18-8-4-14-26(30)27-15-5-9-19-31(27)36)22-25(40-24-12-2-1-3-13-24)23-35(38)37-32-20-10-6-16-28(32)29-17-7-11-21-33(29)37/h1-23,36-37H,39H2. The van der Waals surface area contributed by atoms with E-state index in [1.165, 1.54) is 44.5 Å². The molecule has 0 saturated heterocycles. The topological polar surface area (TPSA) is 35.2 Å². The van der Waals surface area contributed by atoms with Gasteiger partial charge in [0.15, 0.2) is 0 Å². The quantitative estimate of drug-likeness (QED) is 0.238. The van der Waals surface area contributed by atoms with Gasteiger partial charge in [0, 0.05) is 17.5 Å². The van der Waals surface area contributed by atoms with E-state index in [4.69, 9.17) is 10.5 Å². The van der Waals surface area contributed by atoms with Gasteiger partial charge in [0.05, 0.1) is 0 Å². The summed E-state index contributed by atoms with van der Waals surface area (Å²) in [5.74, 6) is 1.66. The number of benzene rings is 6. The van der Waals surface area contributed by atoms with Crippen LogP contribution in [0.4, 0.5) is 5.69 Å². The van der Waals surface area contributed by atoms with Crippen molar-refractivity contribution >= 4 is 5.69 Å². The third kappa shape index (κ3) is 3.43. The second kappa shape index (κ2) is 9.00. The number of nitrogens with two attached hydrogens (primary N) is 1.